The van der Waals surface area contributed by atoms with Crippen molar-refractivity contribution in [1.82, 2.24) is 14.5 Å². The normalized spacial score (nSPS) is 12.2. The number of sulfonamides is 1. The second-order valence-electron chi connectivity index (χ2n) is 6.34. The van der Waals surface area contributed by atoms with Crippen LogP contribution in [0, 0.1) is 0 Å². The van der Waals surface area contributed by atoms with Gasteiger partial charge in [0.2, 0.25) is 10.0 Å². The monoisotopic (exact) mass is 425 g/mol. The third kappa shape index (κ3) is 4.40. The lowest BCUT2D eigenvalue weighted by Gasteiger charge is -2.17. The van der Waals surface area contributed by atoms with Crippen LogP contribution in [0.2, 0.25) is 0 Å². The molecule has 3 N–H and O–H groups in total. The van der Waals surface area contributed by atoms with Gasteiger partial charge in [-0.2, -0.15) is 13.2 Å². The lowest BCUT2D eigenvalue weighted by molar-refractivity contribution is -0.137. The number of hydrogen-bond donors (Lipinski definition) is 2. The van der Waals surface area contributed by atoms with E-state index in [4.69, 9.17) is 5.14 Å². The maximum atomic E-state index is 12.7. The van der Waals surface area contributed by atoms with Gasteiger partial charge in [-0.05, 0) is 36.2 Å². The minimum absolute atomic E-state index is 0.0356. The van der Waals surface area contributed by atoms with E-state index in [1.807, 2.05) is 0 Å². The van der Waals surface area contributed by atoms with Gasteiger partial charge < -0.3 is 9.88 Å². The summed E-state index contributed by atoms with van der Waals surface area (Å²) in [5.41, 5.74) is 1.00. The number of aryl methyl sites for hydroxylation is 1. The summed E-state index contributed by atoms with van der Waals surface area (Å²) in [7, 11) is -2.22. The van der Waals surface area contributed by atoms with Gasteiger partial charge in [0.25, 0.3) is 0 Å². The molecule has 3 rings (SSSR count). The molecule has 0 radical (unpaired) electrons. The van der Waals surface area contributed by atoms with Crippen LogP contribution >= 0.6 is 0 Å². The van der Waals surface area contributed by atoms with E-state index in [1.165, 1.54) is 18.2 Å². The van der Waals surface area contributed by atoms with E-state index in [-0.39, 0.29) is 10.7 Å². The second kappa shape index (κ2) is 7.48. The Bertz CT molecular complexity index is 1140. The van der Waals surface area contributed by atoms with Gasteiger partial charge in [0.1, 0.15) is 5.82 Å². The summed E-state index contributed by atoms with van der Waals surface area (Å²) in [6, 6.07) is 4.95. The van der Waals surface area contributed by atoms with Crippen molar-refractivity contribution in [1.29, 1.82) is 0 Å². The van der Waals surface area contributed by atoms with Crippen LogP contribution in [0.4, 0.5) is 24.7 Å². The summed E-state index contributed by atoms with van der Waals surface area (Å²) in [5, 5.41) is 8.30. The van der Waals surface area contributed by atoms with E-state index < -0.39 is 21.8 Å². The van der Waals surface area contributed by atoms with Gasteiger partial charge in [-0.25, -0.2) is 23.5 Å². The molecule has 2 heterocycles. The molecule has 11 heteroatoms. The Morgan fingerprint density at radius 2 is 1.90 bits per heavy atom. The van der Waals surface area contributed by atoms with Gasteiger partial charge in [0, 0.05) is 30.7 Å². The number of pyridine rings is 1. The third-order valence-corrected chi connectivity index (χ3v) is 5.24. The van der Waals surface area contributed by atoms with Crippen molar-refractivity contribution in [2.45, 2.75) is 24.4 Å². The third-order valence-electron chi connectivity index (χ3n) is 4.24. The van der Waals surface area contributed by atoms with Crippen LogP contribution in [0.5, 0.6) is 0 Å². The SMILES string of the molecule is CCc1c(S(N)(=O)=O)ccc(Nc2ccc(C(F)(F)F)cn2)c1-c1cn(C)cn1. The number of rotatable bonds is 5. The second-order valence-corrected chi connectivity index (χ2v) is 7.87. The number of imidazole rings is 1. The number of hydrogen-bond acceptors (Lipinski definition) is 5. The first-order valence-electron chi connectivity index (χ1n) is 8.48. The highest BCUT2D eigenvalue weighted by Gasteiger charge is 2.30. The predicted molar refractivity (Wildman–Crippen MR) is 102 cm³/mol. The Morgan fingerprint density at radius 3 is 2.38 bits per heavy atom. The molecule has 0 aliphatic heterocycles. The fourth-order valence-corrected chi connectivity index (χ4v) is 3.81. The van der Waals surface area contributed by atoms with Crippen molar-refractivity contribution in [3.63, 3.8) is 0 Å². The summed E-state index contributed by atoms with van der Waals surface area (Å²) < 4.78 is 64.0. The highest BCUT2D eigenvalue weighted by atomic mass is 32.2. The van der Waals surface area contributed by atoms with Crippen LogP contribution in [-0.4, -0.2) is 23.0 Å². The molecule has 0 spiro atoms. The molecule has 7 nitrogen and oxygen atoms in total. The zero-order valence-electron chi connectivity index (χ0n) is 15.5. The van der Waals surface area contributed by atoms with E-state index >= 15 is 0 Å². The zero-order valence-corrected chi connectivity index (χ0v) is 16.3. The summed E-state index contributed by atoms with van der Waals surface area (Å²) in [5.74, 6) is 0.167. The molecule has 29 heavy (non-hydrogen) atoms. The summed E-state index contributed by atoms with van der Waals surface area (Å²) in [6.07, 6.45) is -0.168. The first-order chi connectivity index (χ1) is 13.5. The van der Waals surface area contributed by atoms with Crippen LogP contribution in [0.1, 0.15) is 18.1 Å². The van der Waals surface area contributed by atoms with Gasteiger partial charge in [-0.3, -0.25) is 0 Å². The van der Waals surface area contributed by atoms with Crippen LogP contribution in [-0.2, 0) is 29.7 Å². The van der Waals surface area contributed by atoms with Crippen molar-refractivity contribution >= 4 is 21.5 Å². The van der Waals surface area contributed by atoms with Crippen LogP contribution in [0.15, 0.2) is 47.9 Å². The Labute approximate surface area is 165 Å². The molecule has 0 atom stereocenters. The van der Waals surface area contributed by atoms with E-state index in [1.54, 1.807) is 31.1 Å². The van der Waals surface area contributed by atoms with Crippen molar-refractivity contribution in [2.75, 3.05) is 5.32 Å². The highest BCUT2D eigenvalue weighted by Crippen LogP contribution is 2.36. The number of benzene rings is 1. The number of alkyl halides is 3. The molecule has 3 aromatic rings. The Balaban J connectivity index is 2.13. The first-order valence-corrected chi connectivity index (χ1v) is 10.0. The number of nitrogens with two attached hydrogens (primary N) is 1. The molecule has 0 saturated carbocycles. The summed E-state index contributed by atoms with van der Waals surface area (Å²) in [4.78, 5) is 8.06. The quantitative estimate of drug-likeness (QED) is 0.652. The first kappa shape index (κ1) is 20.8. The molecule has 0 fully saturated rings. The molecule has 0 aliphatic carbocycles. The highest BCUT2D eigenvalue weighted by molar-refractivity contribution is 7.89. The maximum absolute atomic E-state index is 12.7. The van der Waals surface area contributed by atoms with Gasteiger partial charge in [-0.1, -0.05) is 6.92 Å². The van der Waals surface area contributed by atoms with Crippen molar-refractivity contribution < 1.29 is 21.6 Å². The maximum Gasteiger partial charge on any atom is 0.417 e. The molecular weight excluding hydrogens is 407 g/mol. The predicted octanol–water partition coefficient (Wildman–Crippen LogP) is 3.45. The summed E-state index contributed by atoms with van der Waals surface area (Å²) >= 11 is 0. The molecule has 0 amide bonds. The molecule has 0 unspecified atom stereocenters. The smallest absolute Gasteiger partial charge is 0.340 e. The number of nitrogens with zero attached hydrogens (tertiary/aromatic N) is 3. The minimum Gasteiger partial charge on any atom is -0.340 e. The van der Waals surface area contributed by atoms with Crippen molar-refractivity contribution in [3.8, 4) is 11.3 Å². The van der Waals surface area contributed by atoms with Crippen LogP contribution < -0.4 is 10.5 Å². The van der Waals surface area contributed by atoms with Crippen molar-refractivity contribution in [3.05, 3.63) is 54.1 Å². The number of aromatic nitrogens is 3. The van der Waals surface area contributed by atoms with E-state index in [0.29, 0.717) is 28.9 Å². The summed E-state index contributed by atoms with van der Waals surface area (Å²) in [6.45, 7) is 1.77. The van der Waals surface area contributed by atoms with E-state index in [9.17, 15) is 21.6 Å². The molecule has 1 aromatic carbocycles. The molecule has 154 valence electrons. The van der Waals surface area contributed by atoms with Crippen LogP contribution in [0.3, 0.4) is 0 Å². The number of anilines is 2. The average Bonchev–Trinajstić information content (AvgIpc) is 3.06. The van der Waals surface area contributed by atoms with Crippen molar-refractivity contribution in [2.24, 2.45) is 12.2 Å². The molecular formula is C18H18F3N5O2S. The van der Waals surface area contributed by atoms with Crippen LogP contribution in [0.25, 0.3) is 11.3 Å². The number of nitrogens with one attached hydrogen (secondary N) is 1. The topological polar surface area (TPSA) is 103 Å². The van der Waals surface area contributed by atoms with Gasteiger partial charge >= 0.3 is 6.18 Å². The molecule has 0 aliphatic rings. The lowest BCUT2D eigenvalue weighted by Crippen LogP contribution is -2.15. The largest absolute Gasteiger partial charge is 0.417 e. The molecule has 2 aromatic heterocycles. The molecule has 0 saturated heterocycles. The molecule has 0 bridgehead atoms. The Kier molecular flexibility index (Phi) is 5.37. The Hall–Kier alpha value is -2.92. The van der Waals surface area contributed by atoms with E-state index in [2.05, 4.69) is 15.3 Å². The number of primary sulfonamides is 1. The van der Waals surface area contributed by atoms with Gasteiger partial charge in [0.15, 0.2) is 0 Å². The van der Waals surface area contributed by atoms with Gasteiger partial charge in [0.05, 0.1) is 22.5 Å². The number of halogens is 3. The van der Waals surface area contributed by atoms with Gasteiger partial charge in [-0.15, -0.1) is 0 Å². The fourth-order valence-electron chi connectivity index (χ4n) is 2.96. The average molecular weight is 425 g/mol. The minimum atomic E-state index is -4.49. The van der Waals surface area contributed by atoms with E-state index in [0.717, 1.165) is 12.3 Å². The lowest BCUT2D eigenvalue weighted by atomic mass is 10.00. The standard InChI is InChI=1S/C18H18F3N5O2S/c1-3-12-15(29(22,27)28)6-5-13(17(12)14-9-26(2)10-24-14)25-16-7-4-11(8-23-16)18(19,20)21/h4-10H,3H2,1-2H3,(H,23,25)(H2,22,27,28). The Morgan fingerprint density at radius 1 is 1.17 bits per heavy atom. The fraction of sp³-hybridized carbons (Fsp3) is 0.222. The zero-order chi connectivity index (χ0) is 21.4.